The van der Waals surface area contributed by atoms with Crippen LogP contribution in [0.3, 0.4) is 0 Å². The predicted molar refractivity (Wildman–Crippen MR) is 72.8 cm³/mol. The molecule has 98 valence electrons. The maximum absolute atomic E-state index is 12.1. The Hall–Kier alpha value is -1.58. The van der Waals surface area contributed by atoms with Gasteiger partial charge < -0.3 is 10.6 Å². The monoisotopic (exact) mass is 247 g/mol. The second kappa shape index (κ2) is 5.38. The third kappa shape index (κ3) is 2.81. The summed E-state index contributed by atoms with van der Waals surface area (Å²) in [5.74, 6) is 1.44. The van der Waals surface area contributed by atoms with Crippen molar-refractivity contribution in [1.82, 2.24) is 10.3 Å². The third-order valence-electron chi connectivity index (χ3n) is 3.52. The molecule has 1 aliphatic carbocycles. The molecule has 2 rings (SSSR count). The van der Waals surface area contributed by atoms with Crippen LogP contribution in [0.25, 0.3) is 0 Å². The van der Waals surface area contributed by atoms with Gasteiger partial charge in [0.15, 0.2) is 0 Å². The molecule has 1 aromatic heterocycles. The van der Waals surface area contributed by atoms with Crippen LogP contribution in [0, 0.1) is 5.92 Å². The van der Waals surface area contributed by atoms with Crippen LogP contribution in [-0.4, -0.2) is 24.0 Å². The fourth-order valence-corrected chi connectivity index (χ4v) is 2.16. The Morgan fingerprint density at radius 3 is 2.78 bits per heavy atom. The number of amides is 1. The van der Waals surface area contributed by atoms with Crippen molar-refractivity contribution < 1.29 is 4.79 Å². The lowest BCUT2D eigenvalue weighted by Crippen LogP contribution is -2.27. The maximum atomic E-state index is 12.1. The summed E-state index contributed by atoms with van der Waals surface area (Å²) in [5, 5.41) is 6.07. The van der Waals surface area contributed by atoms with Gasteiger partial charge in [-0.25, -0.2) is 4.98 Å². The van der Waals surface area contributed by atoms with Gasteiger partial charge in [0.2, 0.25) is 0 Å². The second-order valence-electron chi connectivity index (χ2n) is 4.82. The molecule has 1 saturated carbocycles. The Labute approximate surface area is 108 Å². The molecule has 4 nitrogen and oxygen atoms in total. The number of nitrogens with zero attached hydrogens (tertiary/aromatic N) is 1. The third-order valence-corrected chi connectivity index (χ3v) is 3.52. The van der Waals surface area contributed by atoms with E-state index in [1.165, 1.54) is 0 Å². The number of rotatable bonds is 5. The van der Waals surface area contributed by atoms with Gasteiger partial charge in [-0.3, -0.25) is 4.79 Å². The highest BCUT2D eigenvalue weighted by atomic mass is 16.1. The van der Waals surface area contributed by atoms with Crippen LogP contribution >= 0.6 is 0 Å². The summed E-state index contributed by atoms with van der Waals surface area (Å²) in [5.41, 5.74) is 1.64. The van der Waals surface area contributed by atoms with E-state index in [0.29, 0.717) is 17.5 Å². The summed E-state index contributed by atoms with van der Waals surface area (Å²) < 4.78 is 0. The first-order chi connectivity index (χ1) is 8.67. The van der Waals surface area contributed by atoms with E-state index in [9.17, 15) is 4.79 Å². The highest BCUT2D eigenvalue weighted by Gasteiger charge is 2.36. The molecule has 0 radical (unpaired) electrons. The highest BCUT2D eigenvalue weighted by Crippen LogP contribution is 2.33. The molecule has 0 bridgehead atoms. The van der Waals surface area contributed by atoms with E-state index < -0.39 is 0 Å². The van der Waals surface area contributed by atoms with Gasteiger partial charge in [0.1, 0.15) is 5.82 Å². The zero-order valence-corrected chi connectivity index (χ0v) is 11.3. The molecule has 2 unspecified atom stereocenters. The number of nitrogens with one attached hydrogen (secondary N) is 2. The van der Waals surface area contributed by atoms with Crippen LogP contribution in [0.2, 0.25) is 0 Å². The predicted octanol–water partition coefficient (Wildman–Crippen LogP) is 2.21. The van der Waals surface area contributed by atoms with Gasteiger partial charge >= 0.3 is 0 Å². The minimum absolute atomic E-state index is 0.0181. The largest absolute Gasteiger partial charge is 0.373 e. The van der Waals surface area contributed by atoms with Gasteiger partial charge in [0.05, 0.1) is 0 Å². The number of carbonyl (C=O) groups excluding carboxylic acids is 1. The zero-order chi connectivity index (χ0) is 13.1. The Balaban J connectivity index is 2.09. The highest BCUT2D eigenvalue weighted by molar-refractivity contribution is 5.95. The van der Waals surface area contributed by atoms with Gasteiger partial charge in [-0.05, 0) is 30.9 Å². The van der Waals surface area contributed by atoms with Crippen molar-refractivity contribution in [2.45, 2.75) is 39.2 Å². The number of hydrogen-bond acceptors (Lipinski definition) is 3. The molecular weight excluding hydrogens is 226 g/mol. The fraction of sp³-hybridized carbons (Fsp3) is 0.571. The first-order valence-corrected chi connectivity index (χ1v) is 6.67. The van der Waals surface area contributed by atoms with E-state index in [0.717, 1.165) is 30.8 Å². The average Bonchev–Trinajstić information content (AvgIpc) is 3.16. The molecule has 4 heteroatoms. The van der Waals surface area contributed by atoms with Crippen molar-refractivity contribution in [2.75, 3.05) is 12.4 Å². The first-order valence-electron chi connectivity index (χ1n) is 6.67. The molecular formula is C14H21N3O. The van der Waals surface area contributed by atoms with Crippen LogP contribution in [0.4, 0.5) is 5.82 Å². The number of pyridine rings is 1. The first kappa shape index (κ1) is 12.9. The van der Waals surface area contributed by atoms with E-state index >= 15 is 0 Å². The minimum atomic E-state index is 0.0181. The van der Waals surface area contributed by atoms with Crippen molar-refractivity contribution in [3.05, 3.63) is 23.4 Å². The molecule has 1 aromatic rings. The molecule has 0 aliphatic heterocycles. The van der Waals surface area contributed by atoms with E-state index in [1.807, 2.05) is 20.0 Å². The van der Waals surface area contributed by atoms with Gasteiger partial charge in [0, 0.05) is 24.3 Å². The summed E-state index contributed by atoms with van der Waals surface area (Å²) in [6, 6.07) is 4.05. The van der Waals surface area contributed by atoms with Crippen molar-refractivity contribution in [1.29, 1.82) is 0 Å². The number of carbonyl (C=O) groups is 1. The van der Waals surface area contributed by atoms with Crippen LogP contribution in [-0.2, 0) is 6.42 Å². The Kier molecular flexibility index (Phi) is 3.84. The summed E-state index contributed by atoms with van der Waals surface area (Å²) >= 11 is 0. The van der Waals surface area contributed by atoms with Gasteiger partial charge in [-0.15, -0.1) is 0 Å². The number of hydrogen-bond donors (Lipinski definition) is 2. The van der Waals surface area contributed by atoms with Crippen molar-refractivity contribution in [2.24, 2.45) is 5.92 Å². The van der Waals surface area contributed by atoms with E-state index in [4.69, 9.17) is 0 Å². The fourth-order valence-electron chi connectivity index (χ4n) is 2.16. The summed E-state index contributed by atoms with van der Waals surface area (Å²) in [6.07, 6.45) is 3.09. The number of aryl methyl sites for hydroxylation is 1. The van der Waals surface area contributed by atoms with Crippen LogP contribution < -0.4 is 10.6 Å². The molecule has 1 aliphatic rings. The van der Waals surface area contributed by atoms with Crippen molar-refractivity contribution in [3.8, 4) is 0 Å². The molecule has 1 fully saturated rings. The molecule has 18 heavy (non-hydrogen) atoms. The van der Waals surface area contributed by atoms with E-state index in [2.05, 4.69) is 22.5 Å². The molecule has 2 N–H and O–H groups in total. The standard InChI is InChI=1S/C14H21N3O/c1-4-9-7-12(9)17-14(18)10-6-11(5-2)16-13(8-10)15-3/h6,8-9,12H,4-5,7H2,1-3H3,(H,15,16)(H,17,18). The SMILES string of the molecule is CCc1cc(C(=O)NC2CC2CC)cc(NC)n1. The lowest BCUT2D eigenvalue weighted by Gasteiger charge is -2.08. The van der Waals surface area contributed by atoms with E-state index in [1.54, 1.807) is 6.07 Å². The Morgan fingerprint density at radius 1 is 1.44 bits per heavy atom. The van der Waals surface area contributed by atoms with Gasteiger partial charge in [0.25, 0.3) is 5.91 Å². The van der Waals surface area contributed by atoms with Crippen molar-refractivity contribution in [3.63, 3.8) is 0 Å². The quantitative estimate of drug-likeness (QED) is 0.838. The summed E-state index contributed by atoms with van der Waals surface area (Å²) in [6.45, 7) is 4.20. The molecule has 0 spiro atoms. The van der Waals surface area contributed by atoms with Gasteiger partial charge in [-0.1, -0.05) is 20.3 Å². The van der Waals surface area contributed by atoms with Crippen LogP contribution in [0.1, 0.15) is 42.7 Å². The van der Waals surface area contributed by atoms with Crippen molar-refractivity contribution >= 4 is 11.7 Å². The van der Waals surface area contributed by atoms with Crippen LogP contribution in [0.5, 0.6) is 0 Å². The Morgan fingerprint density at radius 2 is 2.22 bits per heavy atom. The summed E-state index contributed by atoms with van der Waals surface area (Å²) in [7, 11) is 1.82. The average molecular weight is 247 g/mol. The number of aromatic nitrogens is 1. The lowest BCUT2D eigenvalue weighted by atomic mass is 10.1. The molecule has 0 saturated heterocycles. The number of anilines is 1. The van der Waals surface area contributed by atoms with E-state index in [-0.39, 0.29) is 5.91 Å². The molecule has 2 atom stereocenters. The minimum Gasteiger partial charge on any atom is -0.373 e. The normalized spacial score (nSPS) is 21.5. The smallest absolute Gasteiger partial charge is 0.251 e. The zero-order valence-electron chi connectivity index (χ0n) is 11.3. The van der Waals surface area contributed by atoms with Gasteiger partial charge in [-0.2, -0.15) is 0 Å². The Bertz CT molecular complexity index is 422. The topological polar surface area (TPSA) is 54.0 Å². The molecule has 0 aromatic carbocycles. The molecule has 1 amide bonds. The molecule has 1 heterocycles. The second-order valence-corrected chi connectivity index (χ2v) is 4.82. The lowest BCUT2D eigenvalue weighted by molar-refractivity contribution is 0.0949. The van der Waals surface area contributed by atoms with Crippen LogP contribution in [0.15, 0.2) is 12.1 Å². The maximum Gasteiger partial charge on any atom is 0.251 e. The summed E-state index contributed by atoms with van der Waals surface area (Å²) in [4.78, 5) is 16.5.